The van der Waals surface area contributed by atoms with Crippen molar-refractivity contribution in [1.82, 2.24) is 14.6 Å². The van der Waals surface area contributed by atoms with E-state index in [0.717, 1.165) is 39.7 Å². The molecule has 2 heterocycles. The molecule has 0 aliphatic rings. The van der Waals surface area contributed by atoms with E-state index in [0.29, 0.717) is 0 Å². The average molecular weight is 342 g/mol. The minimum Gasteiger partial charge on any atom is -0.340 e. The summed E-state index contributed by atoms with van der Waals surface area (Å²) in [5, 5.41) is 8.34. The van der Waals surface area contributed by atoms with Crippen molar-refractivity contribution in [1.29, 1.82) is 0 Å². The Balaban J connectivity index is 1.84. The molecule has 0 aliphatic heterocycles. The highest BCUT2D eigenvalue weighted by Gasteiger charge is 2.15. The predicted molar refractivity (Wildman–Crippen MR) is 107 cm³/mol. The first-order valence-electron chi connectivity index (χ1n) is 8.79. The van der Waals surface area contributed by atoms with E-state index in [2.05, 4.69) is 74.6 Å². The zero-order valence-corrected chi connectivity index (χ0v) is 15.5. The van der Waals surface area contributed by atoms with Crippen molar-refractivity contribution >= 4 is 17.2 Å². The summed E-state index contributed by atoms with van der Waals surface area (Å²) in [6.45, 7) is 8.27. The quantitative estimate of drug-likeness (QED) is 0.544. The van der Waals surface area contributed by atoms with Crippen molar-refractivity contribution in [2.24, 2.45) is 0 Å². The fourth-order valence-corrected chi connectivity index (χ4v) is 3.10. The summed E-state index contributed by atoms with van der Waals surface area (Å²) < 4.78 is 1.90. The highest BCUT2D eigenvalue weighted by molar-refractivity contribution is 5.72. The van der Waals surface area contributed by atoms with Crippen molar-refractivity contribution < 1.29 is 0 Å². The molecule has 0 saturated carbocycles. The van der Waals surface area contributed by atoms with Crippen LogP contribution < -0.4 is 5.32 Å². The van der Waals surface area contributed by atoms with Gasteiger partial charge in [-0.2, -0.15) is 9.61 Å². The van der Waals surface area contributed by atoms with Crippen LogP contribution in [0, 0.1) is 27.7 Å². The Morgan fingerprint density at radius 1 is 0.808 bits per heavy atom. The number of benzene rings is 2. The molecule has 0 atom stereocenters. The van der Waals surface area contributed by atoms with Crippen LogP contribution in [0.4, 0.5) is 11.5 Å². The van der Waals surface area contributed by atoms with Crippen LogP contribution in [0.3, 0.4) is 0 Å². The van der Waals surface area contributed by atoms with Gasteiger partial charge in [0, 0.05) is 28.6 Å². The van der Waals surface area contributed by atoms with Crippen molar-refractivity contribution in [2.45, 2.75) is 27.7 Å². The summed E-state index contributed by atoms with van der Waals surface area (Å²) in [6.07, 6.45) is 0. The van der Waals surface area contributed by atoms with E-state index in [-0.39, 0.29) is 0 Å². The molecule has 4 heteroatoms. The van der Waals surface area contributed by atoms with Gasteiger partial charge in [0.25, 0.3) is 0 Å². The van der Waals surface area contributed by atoms with Crippen LogP contribution in [0.1, 0.15) is 22.4 Å². The van der Waals surface area contributed by atoms with Gasteiger partial charge in [-0.15, -0.1) is 0 Å². The molecule has 2 aromatic heterocycles. The van der Waals surface area contributed by atoms with Gasteiger partial charge in [0.2, 0.25) is 0 Å². The van der Waals surface area contributed by atoms with E-state index in [1.807, 2.05) is 17.5 Å². The van der Waals surface area contributed by atoms with E-state index < -0.39 is 0 Å². The summed E-state index contributed by atoms with van der Waals surface area (Å²) >= 11 is 0. The van der Waals surface area contributed by atoms with Crippen LogP contribution in [-0.4, -0.2) is 14.6 Å². The fourth-order valence-electron chi connectivity index (χ4n) is 3.10. The standard InChI is InChI=1S/C22H22N4/c1-14-5-9-18(10-6-14)21-17(4)22-23-16(3)13-20(26(22)25-21)24-19-11-7-15(2)8-12-19/h5-13,24H,1-4H3. The Hall–Kier alpha value is -3.14. The summed E-state index contributed by atoms with van der Waals surface area (Å²) in [5.74, 6) is 0.915. The van der Waals surface area contributed by atoms with E-state index in [9.17, 15) is 0 Å². The van der Waals surface area contributed by atoms with E-state index in [4.69, 9.17) is 10.1 Å². The number of anilines is 2. The summed E-state index contributed by atoms with van der Waals surface area (Å²) in [5.41, 5.74) is 8.53. The first-order valence-corrected chi connectivity index (χ1v) is 8.79. The van der Waals surface area contributed by atoms with Crippen molar-refractivity contribution in [3.63, 3.8) is 0 Å². The zero-order valence-electron chi connectivity index (χ0n) is 15.5. The summed E-state index contributed by atoms with van der Waals surface area (Å²) in [7, 11) is 0. The number of nitrogens with zero attached hydrogens (tertiary/aromatic N) is 3. The van der Waals surface area contributed by atoms with Crippen LogP contribution >= 0.6 is 0 Å². The molecule has 26 heavy (non-hydrogen) atoms. The molecule has 0 saturated heterocycles. The Labute approximate surface area is 153 Å². The molecular weight excluding hydrogens is 320 g/mol. The lowest BCUT2D eigenvalue weighted by Gasteiger charge is -2.09. The van der Waals surface area contributed by atoms with Crippen LogP contribution in [0.5, 0.6) is 0 Å². The molecule has 0 radical (unpaired) electrons. The first-order chi connectivity index (χ1) is 12.5. The normalized spacial score (nSPS) is 11.1. The summed E-state index contributed by atoms with van der Waals surface area (Å²) in [6, 6.07) is 18.8. The zero-order chi connectivity index (χ0) is 18.3. The Bertz CT molecular complexity index is 1070. The van der Waals surface area contributed by atoms with Gasteiger partial charge in [-0.1, -0.05) is 47.5 Å². The lowest BCUT2D eigenvalue weighted by atomic mass is 10.1. The van der Waals surface area contributed by atoms with Crippen LogP contribution in [0.25, 0.3) is 16.9 Å². The Morgan fingerprint density at radius 2 is 1.42 bits per heavy atom. The fraction of sp³-hybridized carbons (Fsp3) is 0.182. The molecule has 4 rings (SSSR count). The Morgan fingerprint density at radius 3 is 2.08 bits per heavy atom. The van der Waals surface area contributed by atoms with Gasteiger partial charge >= 0.3 is 0 Å². The summed E-state index contributed by atoms with van der Waals surface area (Å²) in [4.78, 5) is 4.72. The highest BCUT2D eigenvalue weighted by atomic mass is 15.3. The molecule has 0 fully saturated rings. The van der Waals surface area contributed by atoms with Crippen LogP contribution in [0.2, 0.25) is 0 Å². The van der Waals surface area contributed by atoms with Crippen molar-refractivity contribution in [2.75, 3.05) is 5.32 Å². The molecule has 130 valence electrons. The second-order valence-corrected chi connectivity index (χ2v) is 6.85. The average Bonchev–Trinajstić information content (AvgIpc) is 2.95. The second kappa shape index (κ2) is 6.30. The van der Waals surface area contributed by atoms with Gasteiger partial charge in [0.15, 0.2) is 5.65 Å². The lowest BCUT2D eigenvalue weighted by Crippen LogP contribution is -2.02. The monoisotopic (exact) mass is 342 g/mol. The third kappa shape index (κ3) is 2.94. The van der Waals surface area contributed by atoms with Gasteiger partial charge in [-0.25, -0.2) is 4.98 Å². The number of fused-ring (bicyclic) bond motifs is 1. The van der Waals surface area contributed by atoms with Crippen LogP contribution in [0.15, 0.2) is 54.6 Å². The minimum atomic E-state index is 0.884. The first kappa shape index (κ1) is 16.3. The third-order valence-electron chi connectivity index (χ3n) is 4.60. The van der Waals surface area contributed by atoms with Crippen LogP contribution in [-0.2, 0) is 0 Å². The number of hydrogen-bond donors (Lipinski definition) is 1. The second-order valence-electron chi connectivity index (χ2n) is 6.85. The molecule has 0 spiro atoms. The molecular formula is C22H22N4. The smallest absolute Gasteiger partial charge is 0.161 e. The maximum atomic E-state index is 4.86. The van der Waals surface area contributed by atoms with Gasteiger partial charge < -0.3 is 5.32 Å². The molecule has 0 amide bonds. The lowest BCUT2D eigenvalue weighted by molar-refractivity contribution is 0.941. The largest absolute Gasteiger partial charge is 0.340 e. The number of hydrogen-bond acceptors (Lipinski definition) is 3. The third-order valence-corrected chi connectivity index (χ3v) is 4.60. The minimum absolute atomic E-state index is 0.884. The molecule has 0 aliphatic carbocycles. The van der Waals surface area contributed by atoms with Gasteiger partial charge in [-0.3, -0.25) is 0 Å². The van der Waals surface area contributed by atoms with Crippen molar-refractivity contribution in [3.8, 4) is 11.3 Å². The predicted octanol–water partition coefficient (Wildman–Crippen LogP) is 5.37. The Kier molecular flexibility index (Phi) is 3.96. The van der Waals surface area contributed by atoms with E-state index >= 15 is 0 Å². The molecule has 1 N–H and O–H groups in total. The van der Waals surface area contributed by atoms with Gasteiger partial charge in [-0.05, 0) is 39.8 Å². The molecule has 2 aromatic carbocycles. The van der Waals surface area contributed by atoms with E-state index in [1.165, 1.54) is 11.1 Å². The SMILES string of the molecule is Cc1ccc(Nc2cc(C)nc3c(C)c(-c4ccc(C)cc4)nn23)cc1. The molecule has 4 aromatic rings. The molecule has 4 nitrogen and oxygen atoms in total. The molecule has 0 unspecified atom stereocenters. The number of aryl methyl sites for hydroxylation is 4. The van der Waals surface area contributed by atoms with Gasteiger partial charge in [0.05, 0.1) is 5.69 Å². The maximum Gasteiger partial charge on any atom is 0.161 e. The number of nitrogens with one attached hydrogen (secondary N) is 1. The number of aromatic nitrogens is 3. The highest BCUT2D eigenvalue weighted by Crippen LogP contribution is 2.28. The number of rotatable bonds is 3. The topological polar surface area (TPSA) is 42.2 Å². The van der Waals surface area contributed by atoms with E-state index in [1.54, 1.807) is 0 Å². The van der Waals surface area contributed by atoms with Gasteiger partial charge in [0.1, 0.15) is 5.82 Å². The maximum absolute atomic E-state index is 4.86. The van der Waals surface area contributed by atoms with Crippen molar-refractivity contribution in [3.05, 3.63) is 77.0 Å². The molecule has 0 bridgehead atoms.